The Morgan fingerprint density at radius 1 is 1.50 bits per heavy atom. The molecular formula is C8H13IN2O. The van der Waals surface area contributed by atoms with Crippen LogP contribution in [0.15, 0.2) is 0 Å². The fraction of sp³-hybridized carbons (Fsp3) is 0.875. The van der Waals surface area contributed by atoms with Gasteiger partial charge in [-0.3, -0.25) is 4.79 Å². The Morgan fingerprint density at radius 3 is 2.92 bits per heavy atom. The molecule has 0 N–H and O–H groups in total. The zero-order valence-electron chi connectivity index (χ0n) is 7.16. The minimum Gasteiger partial charge on any atom is -0.341 e. The highest BCUT2D eigenvalue weighted by molar-refractivity contribution is 14.1. The molecular weight excluding hydrogens is 267 g/mol. The van der Waals surface area contributed by atoms with Gasteiger partial charge in [-0.1, -0.05) is 0 Å². The number of hydrogen-bond donors (Lipinski definition) is 0. The number of carbonyl (C=O) groups excluding carboxylic acids is 1. The molecule has 0 aromatic carbocycles. The molecule has 0 aromatic rings. The third kappa shape index (κ3) is 1.59. The van der Waals surface area contributed by atoms with Gasteiger partial charge >= 0.3 is 0 Å². The van der Waals surface area contributed by atoms with Crippen LogP contribution in [0, 0.1) is 5.92 Å². The largest absolute Gasteiger partial charge is 0.341 e. The van der Waals surface area contributed by atoms with Crippen LogP contribution in [0.4, 0.5) is 0 Å². The molecule has 0 bridgehead atoms. The lowest BCUT2D eigenvalue weighted by Crippen LogP contribution is -2.33. The molecule has 0 spiro atoms. The van der Waals surface area contributed by atoms with Crippen LogP contribution < -0.4 is 0 Å². The van der Waals surface area contributed by atoms with E-state index in [2.05, 4.69) is 26.0 Å². The van der Waals surface area contributed by atoms with Gasteiger partial charge in [-0.05, 0) is 12.3 Å². The van der Waals surface area contributed by atoms with Gasteiger partial charge in [0.1, 0.15) is 0 Å². The van der Waals surface area contributed by atoms with Crippen LogP contribution in [-0.4, -0.2) is 39.6 Å². The fourth-order valence-electron chi connectivity index (χ4n) is 1.81. The number of nitrogens with zero attached hydrogens (tertiary/aromatic N) is 2. The summed E-state index contributed by atoms with van der Waals surface area (Å²) in [5, 5.41) is 0. The van der Waals surface area contributed by atoms with Gasteiger partial charge in [0.25, 0.3) is 0 Å². The predicted octanol–water partition coefficient (Wildman–Crippen LogP) is 0.889. The third-order valence-electron chi connectivity index (χ3n) is 2.73. The quantitative estimate of drug-likeness (QED) is 0.486. The van der Waals surface area contributed by atoms with Crippen LogP contribution in [0.25, 0.3) is 0 Å². The van der Waals surface area contributed by atoms with Crippen molar-refractivity contribution in [3.8, 4) is 0 Å². The number of carbonyl (C=O) groups is 1. The minimum atomic E-state index is 0.229. The second kappa shape index (κ2) is 3.14. The van der Waals surface area contributed by atoms with Crippen molar-refractivity contribution in [2.75, 3.05) is 19.6 Å². The van der Waals surface area contributed by atoms with E-state index < -0.39 is 0 Å². The number of fused-ring (bicyclic) bond motifs is 1. The van der Waals surface area contributed by atoms with Gasteiger partial charge in [0.15, 0.2) is 0 Å². The Kier molecular flexibility index (Phi) is 2.29. The summed E-state index contributed by atoms with van der Waals surface area (Å²) in [6.45, 7) is 4.59. The first-order chi connectivity index (χ1) is 5.68. The minimum absolute atomic E-state index is 0.229. The molecule has 2 unspecified atom stereocenters. The van der Waals surface area contributed by atoms with E-state index in [1.54, 1.807) is 6.92 Å². The molecule has 68 valence electrons. The van der Waals surface area contributed by atoms with E-state index in [4.69, 9.17) is 0 Å². The Hall–Kier alpha value is 0.160. The molecule has 0 radical (unpaired) electrons. The summed E-state index contributed by atoms with van der Waals surface area (Å²) in [6.07, 6.45) is 1.28. The summed E-state index contributed by atoms with van der Waals surface area (Å²) in [6, 6.07) is 0.759. The van der Waals surface area contributed by atoms with E-state index in [-0.39, 0.29) is 5.91 Å². The van der Waals surface area contributed by atoms with Crippen molar-refractivity contribution in [3.63, 3.8) is 0 Å². The van der Waals surface area contributed by atoms with E-state index in [9.17, 15) is 4.79 Å². The van der Waals surface area contributed by atoms with Crippen LogP contribution in [0.2, 0.25) is 0 Å². The normalized spacial score (nSPS) is 35.7. The summed E-state index contributed by atoms with van der Waals surface area (Å²) in [5.74, 6) is 0.987. The standard InChI is InChI=1S/C8H13IN2O/c1-6(12)10-2-3-11(9)8-4-7(8)5-10/h7-8H,2-5H2,1H3. The van der Waals surface area contributed by atoms with Crippen LogP contribution in [0.3, 0.4) is 0 Å². The van der Waals surface area contributed by atoms with Crippen molar-refractivity contribution in [1.29, 1.82) is 0 Å². The summed E-state index contributed by atoms with van der Waals surface area (Å²) < 4.78 is 2.35. The van der Waals surface area contributed by atoms with Crippen molar-refractivity contribution in [3.05, 3.63) is 0 Å². The molecule has 4 heteroatoms. The van der Waals surface area contributed by atoms with Gasteiger partial charge in [0.2, 0.25) is 5.91 Å². The average molecular weight is 280 g/mol. The zero-order chi connectivity index (χ0) is 8.72. The van der Waals surface area contributed by atoms with Crippen LogP contribution in [-0.2, 0) is 4.79 Å². The average Bonchev–Trinajstić information content (AvgIpc) is 2.73. The topological polar surface area (TPSA) is 23.6 Å². The number of rotatable bonds is 0. The Bertz CT molecular complexity index is 209. The van der Waals surface area contributed by atoms with Gasteiger partial charge in [0.05, 0.1) is 0 Å². The van der Waals surface area contributed by atoms with E-state index in [0.29, 0.717) is 0 Å². The smallest absolute Gasteiger partial charge is 0.219 e. The fourth-order valence-corrected chi connectivity index (χ4v) is 2.71. The van der Waals surface area contributed by atoms with E-state index in [1.807, 2.05) is 4.90 Å². The Morgan fingerprint density at radius 2 is 2.25 bits per heavy atom. The maximum atomic E-state index is 11.1. The Labute approximate surface area is 86.6 Å². The van der Waals surface area contributed by atoms with Gasteiger partial charge in [0, 0.05) is 55.5 Å². The molecule has 1 heterocycles. The lowest BCUT2D eigenvalue weighted by molar-refractivity contribution is -0.128. The molecule has 3 nitrogen and oxygen atoms in total. The van der Waals surface area contributed by atoms with Crippen molar-refractivity contribution < 1.29 is 4.79 Å². The monoisotopic (exact) mass is 280 g/mol. The van der Waals surface area contributed by atoms with Crippen LogP contribution >= 0.6 is 22.9 Å². The van der Waals surface area contributed by atoms with Gasteiger partial charge in [-0.2, -0.15) is 0 Å². The first-order valence-electron chi connectivity index (χ1n) is 4.36. The summed E-state index contributed by atoms with van der Waals surface area (Å²) >= 11 is 2.38. The Balaban J connectivity index is 1.99. The third-order valence-corrected chi connectivity index (χ3v) is 3.93. The van der Waals surface area contributed by atoms with E-state index in [1.165, 1.54) is 6.42 Å². The van der Waals surface area contributed by atoms with Crippen molar-refractivity contribution in [2.45, 2.75) is 19.4 Å². The highest BCUT2D eigenvalue weighted by Crippen LogP contribution is 2.39. The zero-order valence-corrected chi connectivity index (χ0v) is 9.32. The maximum absolute atomic E-state index is 11.1. The number of amides is 1. The highest BCUT2D eigenvalue weighted by Gasteiger charge is 2.44. The molecule has 2 fully saturated rings. The molecule has 1 aliphatic heterocycles. The van der Waals surface area contributed by atoms with Gasteiger partial charge in [-0.25, -0.2) is 3.11 Å². The number of halogens is 1. The van der Waals surface area contributed by atoms with Crippen molar-refractivity contribution in [1.82, 2.24) is 8.01 Å². The highest BCUT2D eigenvalue weighted by atomic mass is 127. The van der Waals surface area contributed by atoms with Crippen LogP contribution in [0.5, 0.6) is 0 Å². The lowest BCUT2D eigenvalue weighted by Gasteiger charge is -2.19. The summed E-state index contributed by atoms with van der Waals surface area (Å²) in [5.41, 5.74) is 0. The molecule has 1 saturated heterocycles. The van der Waals surface area contributed by atoms with E-state index in [0.717, 1.165) is 31.6 Å². The molecule has 0 aromatic heterocycles. The second-order valence-electron chi connectivity index (χ2n) is 3.65. The van der Waals surface area contributed by atoms with Crippen molar-refractivity contribution in [2.24, 2.45) is 5.92 Å². The van der Waals surface area contributed by atoms with E-state index >= 15 is 0 Å². The summed E-state index contributed by atoms with van der Waals surface area (Å²) in [7, 11) is 0. The maximum Gasteiger partial charge on any atom is 0.219 e. The lowest BCUT2D eigenvalue weighted by atomic mass is 10.3. The first-order valence-corrected chi connectivity index (χ1v) is 5.33. The van der Waals surface area contributed by atoms with Gasteiger partial charge < -0.3 is 4.90 Å². The van der Waals surface area contributed by atoms with Crippen LogP contribution in [0.1, 0.15) is 13.3 Å². The molecule has 1 saturated carbocycles. The van der Waals surface area contributed by atoms with Gasteiger partial charge in [-0.15, -0.1) is 0 Å². The predicted molar refractivity (Wildman–Crippen MR) is 54.9 cm³/mol. The second-order valence-corrected chi connectivity index (χ2v) is 4.89. The number of hydrogen-bond acceptors (Lipinski definition) is 2. The first kappa shape index (κ1) is 8.74. The molecule has 2 rings (SSSR count). The molecule has 1 amide bonds. The SMILES string of the molecule is CC(=O)N1CCN(I)C2CC2C1. The summed E-state index contributed by atoms with van der Waals surface area (Å²) in [4.78, 5) is 13.1. The molecule has 12 heavy (non-hydrogen) atoms. The molecule has 1 aliphatic carbocycles. The van der Waals surface area contributed by atoms with Crippen molar-refractivity contribution >= 4 is 28.8 Å². The molecule has 2 atom stereocenters. The molecule has 2 aliphatic rings.